The van der Waals surface area contributed by atoms with E-state index in [-0.39, 0.29) is 5.41 Å². The summed E-state index contributed by atoms with van der Waals surface area (Å²) in [6.07, 6.45) is 5.71. The van der Waals surface area contributed by atoms with E-state index in [9.17, 15) is 0 Å². The molecule has 0 bridgehead atoms. The van der Waals surface area contributed by atoms with Crippen LogP contribution in [0.5, 0.6) is 11.5 Å². The molecule has 6 heteroatoms. The second-order valence-corrected chi connectivity index (χ2v) is 13.0. The predicted molar refractivity (Wildman–Crippen MR) is 187 cm³/mol. The average molecular weight is 602 g/mol. The molecule has 226 valence electrons. The Hall–Kier alpha value is -5.67. The number of benzene rings is 4. The Balaban J connectivity index is 1.27. The van der Waals surface area contributed by atoms with Crippen molar-refractivity contribution in [3.05, 3.63) is 137 Å². The first-order chi connectivity index (χ1) is 22.1. The smallest absolute Gasteiger partial charge is 0.191 e. The van der Waals surface area contributed by atoms with E-state index in [1.165, 1.54) is 16.7 Å². The Labute approximate surface area is 269 Å². The third-order valence-electron chi connectivity index (χ3n) is 8.53. The number of aryl methyl sites for hydroxylation is 3. The molecule has 3 aromatic heterocycles. The number of para-hydroxylation sites is 1. The maximum absolute atomic E-state index is 7.79. The highest BCUT2D eigenvalue weighted by Gasteiger charge is 2.18. The number of hydrogen-bond donors (Lipinski definition) is 0. The highest BCUT2D eigenvalue weighted by atomic mass is 16.5. The summed E-state index contributed by atoms with van der Waals surface area (Å²) in [6.45, 7) is 20.9. The largest absolute Gasteiger partial charge is 0.459 e. The van der Waals surface area contributed by atoms with Crippen molar-refractivity contribution in [1.29, 1.82) is 0 Å². The Bertz CT molecular complexity index is 2300. The summed E-state index contributed by atoms with van der Waals surface area (Å²) in [6, 6.07) is 28.7. The van der Waals surface area contributed by atoms with Gasteiger partial charge in [-0.25, -0.2) is 14.8 Å². The van der Waals surface area contributed by atoms with Crippen LogP contribution >= 0.6 is 0 Å². The summed E-state index contributed by atoms with van der Waals surface area (Å²) < 4.78 is 10.7. The third kappa shape index (κ3) is 5.20. The van der Waals surface area contributed by atoms with Crippen LogP contribution in [-0.4, -0.2) is 19.1 Å². The monoisotopic (exact) mass is 601 g/mol. The lowest BCUT2D eigenvalue weighted by Crippen LogP contribution is -2.12. The van der Waals surface area contributed by atoms with Gasteiger partial charge in [0.25, 0.3) is 0 Å². The van der Waals surface area contributed by atoms with Gasteiger partial charge in [0.05, 0.1) is 35.3 Å². The summed E-state index contributed by atoms with van der Waals surface area (Å²) in [7, 11) is 0. The van der Waals surface area contributed by atoms with Gasteiger partial charge in [-0.3, -0.25) is 4.57 Å². The van der Waals surface area contributed by atoms with Gasteiger partial charge < -0.3 is 9.30 Å². The van der Waals surface area contributed by atoms with Gasteiger partial charge >= 0.3 is 0 Å². The molecule has 0 spiro atoms. The van der Waals surface area contributed by atoms with Crippen molar-refractivity contribution in [2.75, 3.05) is 0 Å². The number of nitrogens with zero attached hydrogens (tertiary/aromatic N) is 5. The van der Waals surface area contributed by atoms with Crippen molar-refractivity contribution in [3.63, 3.8) is 0 Å². The van der Waals surface area contributed by atoms with E-state index in [4.69, 9.17) is 21.3 Å². The highest BCUT2D eigenvalue weighted by molar-refractivity contribution is 6.09. The van der Waals surface area contributed by atoms with Gasteiger partial charge in [-0.1, -0.05) is 51.1 Å². The zero-order valence-corrected chi connectivity index (χ0v) is 27.0. The van der Waals surface area contributed by atoms with Crippen LogP contribution in [0.3, 0.4) is 0 Å². The van der Waals surface area contributed by atoms with Crippen LogP contribution in [0.4, 0.5) is 5.69 Å². The molecule has 0 amide bonds. The van der Waals surface area contributed by atoms with Gasteiger partial charge in [-0.2, -0.15) is 0 Å². The Morgan fingerprint density at radius 3 is 2.26 bits per heavy atom. The van der Waals surface area contributed by atoms with E-state index in [0.29, 0.717) is 17.2 Å². The van der Waals surface area contributed by atoms with Crippen LogP contribution in [-0.2, 0) is 5.41 Å². The fourth-order valence-corrected chi connectivity index (χ4v) is 6.28. The summed E-state index contributed by atoms with van der Waals surface area (Å²) in [4.78, 5) is 13.2. The SMILES string of the molecule is [C-]#[N+]c1cc(Oc2ccc3c4ccccc4n(-c4cc(C)ccn4)c3c2)cc(-c2cn(-c3c(C)cc(C(C)(C)C)cc3C)cn2)c1. The zero-order valence-electron chi connectivity index (χ0n) is 27.0. The Morgan fingerprint density at radius 1 is 0.761 bits per heavy atom. The number of fused-ring (bicyclic) bond motifs is 3. The first kappa shape index (κ1) is 29.1. The maximum Gasteiger partial charge on any atom is 0.191 e. The molecule has 0 saturated carbocycles. The molecule has 0 N–H and O–H groups in total. The van der Waals surface area contributed by atoms with Crippen molar-refractivity contribution in [2.45, 2.75) is 47.0 Å². The summed E-state index contributed by atoms with van der Waals surface area (Å²) >= 11 is 0. The zero-order chi connectivity index (χ0) is 32.2. The topological polar surface area (TPSA) is 49.2 Å². The molecular formula is C40H35N5O. The Kier molecular flexibility index (Phi) is 6.98. The van der Waals surface area contributed by atoms with E-state index in [0.717, 1.165) is 50.1 Å². The van der Waals surface area contributed by atoms with Gasteiger partial charge in [0.1, 0.15) is 17.3 Å². The number of imidazole rings is 1. The quantitative estimate of drug-likeness (QED) is 0.184. The van der Waals surface area contributed by atoms with Gasteiger partial charge in [-0.05, 0) is 103 Å². The normalized spacial score (nSPS) is 11.7. The van der Waals surface area contributed by atoms with Crippen molar-refractivity contribution in [2.24, 2.45) is 0 Å². The van der Waals surface area contributed by atoms with Crippen LogP contribution in [0.2, 0.25) is 0 Å². The Morgan fingerprint density at radius 2 is 1.52 bits per heavy atom. The summed E-state index contributed by atoms with van der Waals surface area (Å²) in [5.41, 5.74) is 10.2. The lowest BCUT2D eigenvalue weighted by atomic mass is 9.85. The molecule has 6 nitrogen and oxygen atoms in total. The molecule has 7 aromatic rings. The molecule has 0 radical (unpaired) electrons. The first-order valence-electron chi connectivity index (χ1n) is 15.4. The predicted octanol–water partition coefficient (Wildman–Crippen LogP) is 10.6. The summed E-state index contributed by atoms with van der Waals surface area (Å²) in [5.74, 6) is 2.11. The van der Waals surface area contributed by atoms with Gasteiger partial charge in [0, 0.05) is 29.2 Å². The van der Waals surface area contributed by atoms with E-state index in [1.807, 2.05) is 55.1 Å². The van der Waals surface area contributed by atoms with Crippen LogP contribution in [0.1, 0.15) is 43.0 Å². The van der Waals surface area contributed by atoms with Crippen molar-refractivity contribution < 1.29 is 4.74 Å². The molecule has 0 saturated heterocycles. The molecular weight excluding hydrogens is 566 g/mol. The lowest BCUT2D eigenvalue weighted by molar-refractivity contribution is 0.484. The van der Waals surface area contributed by atoms with E-state index in [2.05, 4.69) is 98.0 Å². The number of aromatic nitrogens is 4. The molecule has 0 unspecified atom stereocenters. The molecule has 0 aliphatic rings. The van der Waals surface area contributed by atoms with E-state index < -0.39 is 0 Å². The molecule has 0 fully saturated rings. The van der Waals surface area contributed by atoms with Crippen molar-refractivity contribution in [1.82, 2.24) is 19.1 Å². The van der Waals surface area contributed by atoms with Crippen LogP contribution < -0.4 is 4.74 Å². The second-order valence-electron chi connectivity index (χ2n) is 13.0. The molecule has 3 heterocycles. The minimum Gasteiger partial charge on any atom is -0.459 e. The fraction of sp³-hybridized carbons (Fsp3) is 0.175. The van der Waals surface area contributed by atoms with Crippen LogP contribution in [0.25, 0.3) is 49.4 Å². The van der Waals surface area contributed by atoms with Crippen LogP contribution in [0.15, 0.2) is 104 Å². The molecule has 0 atom stereocenters. The lowest BCUT2D eigenvalue weighted by Gasteiger charge is -2.22. The van der Waals surface area contributed by atoms with Gasteiger partial charge in [0.15, 0.2) is 5.69 Å². The van der Waals surface area contributed by atoms with Gasteiger partial charge in [-0.15, -0.1) is 0 Å². The maximum atomic E-state index is 7.79. The second kappa shape index (κ2) is 11.0. The molecule has 46 heavy (non-hydrogen) atoms. The first-order valence-corrected chi connectivity index (χ1v) is 15.4. The molecule has 4 aromatic carbocycles. The summed E-state index contributed by atoms with van der Waals surface area (Å²) in [5, 5.41) is 2.27. The molecule has 7 rings (SSSR count). The van der Waals surface area contributed by atoms with E-state index in [1.54, 1.807) is 6.07 Å². The van der Waals surface area contributed by atoms with Crippen molar-refractivity contribution >= 4 is 27.5 Å². The van der Waals surface area contributed by atoms with Crippen molar-refractivity contribution in [3.8, 4) is 34.3 Å². The fourth-order valence-electron chi connectivity index (χ4n) is 6.28. The van der Waals surface area contributed by atoms with E-state index >= 15 is 0 Å². The number of rotatable bonds is 5. The number of hydrogen-bond acceptors (Lipinski definition) is 3. The molecule has 0 aliphatic heterocycles. The van der Waals surface area contributed by atoms with Crippen LogP contribution in [0, 0.1) is 27.3 Å². The number of ether oxygens (including phenoxy) is 1. The standard InChI is InChI=1S/C40H35N5O/c1-25-14-15-42-38(16-25)45-36-11-9-8-10-33(36)34-13-12-31(22-37(34)45)46-32-20-28(19-30(21-32)41-7)35-23-44(24-43-35)39-26(2)17-29(18-27(39)3)40(4,5)6/h8-24H,1-6H3. The highest BCUT2D eigenvalue weighted by Crippen LogP contribution is 2.37. The number of pyridine rings is 1. The third-order valence-corrected chi connectivity index (χ3v) is 8.53. The average Bonchev–Trinajstić information content (AvgIpc) is 3.63. The van der Waals surface area contributed by atoms with Gasteiger partial charge in [0.2, 0.25) is 0 Å². The minimum absolute atomic E-state index is 0.0727. The molecule has 0 aliphatic carbocycles. The minimum atomic E-state index is 0.0727.